The van der Waals surface area contributed by atoms with E-state index in [-0.39, 0.29) is 5.54 Å². The molecule has 0 bridgehead atoms. The molecule has 1 saturated carbocycles. The summed E-state index contributed by atoms with van der Waals surface area (Å²) in [6.45, 7) is 3.57. The molecule has 3 nitrogen and oxygen atoms in total. The summed E-state index contributed by atoms with van der Waals surface area (Å²) in [4.78, 5) is 8.90. The Morgan fingerprint density at radius 2 is 1.85 bits per heavy atom. The van der Waals surface area contributed by atoms with E-state index in [9.17, 15) is 13.2 Å². The fraction of sp³-hybridized carbons (Fsp3) is 0.571. The van der Waals surface area contributed by atoms with E-state index in [1.807, 2.05) is 6.08 Å². The first-order valence-corrected chi connectivity index (χ1v) is 3.44. The molecule has 1 aliphatic rings. The SMILES string of the molecule is C=CC1(N)CC1.O=C(O)C(F)(F)F. The van der Waals surface area contributed by atoms with Gasteiger partial charge in [-0.25, -0.2) is 4.79 Å². The molecule has 1 rings (SSSR count). The third-order valence-corrected chi connectivity index (χ3v) is 1.48. The molecular formula is C7H10F3NO2. The minimum atomic E-state index is -5.08. The highest BCUT2D eigenvalue weighted by atomic mass is 19.4. The summed E-state index contributed by atoms with van der Waals surface area (Å²) < 4.78 is 31.7. The Bertz CT molecular complexity index is 208. The number of carbonyl (C=O) groups is 1. The van der Waals surface area contributed by atoms with Gasteiger partial charge in [0, 0.05) is 5.54 Å². The Hall–Kier alpha value is -1.04. The van der Waals surface area contributed by atoms with Gasteiger partial charge in [0.15, 0.2) is 0 Å². The zero-order valence-corrected chi connectivity index (χ0v) is 6.77. The fourth-order valence-electron chi connectivity index (χ4n) is 0.348. The van der Waals surface area contributed by atoms with Crippen molar-refractivity contribution >= 4 is 5.97 Å². The lowest BCUT2D eigenvalue weighted by atomic mass is 10.3. The summed E-state index contributed by atoms with van der Waals surface area (Å²) in [6, 6.07) is 0. The molecule has 76 valence electrons. The maximum Gasteiger partial charge on any atom is 0.490 e. The van der Waals surface area contributed by atoms with Crippen molar-refractivity contribution < 1.29 is 23.1 Å². The van der Waals surface area contributed by atoms with Crippen LogP contribution in [-0.4, -0.2) is 22.8 Å². The number of carboxylic acid groups (broad SMARTS) is 1. The van der Waals surface area contributed by atoms with E-state index < -0.39 is 12.1 Å². The number of nitrogens with two attached hydrogens (primary N) is 1. The summed E-state index contributed by atoms with van der Waals surface area (Å²) >= 11 is 0. The van der Waals surface area contributed by atoms with Crippen molar-refractivity contribution in [1.29, 1.82) is 0 Å². The smallest absolute Gasteiger partial charge is 0.475 e. The van der Waals surface area contributed by atoms with Gasteiger partial charge in [0.05, 0.1) is 0 Å². The lowest BCUT2D eigenvalue weighted by Crippen LogP contribution is -2.21. The second kappa shape index (κ2) is 3.78. The third kappa shape index (κ3) is 5.24. The van der Waals surface area contributed by atoms with Gasteiger partial charge in [-0.2, -0.15) is 13.2 Å². The average Bonchev–Trinajstić information content (AvgIpc) is 2.69. The summed E-state index contributed by atoms with van der Waals surface area (Å²) in [7, 11) is 0. The molecule has 0 radical (unpaired) electrons. The molecule has 0 heterocycles. The summed E-state index contributed by atoms with van der Waals surface area (Å²) in [6.07, 6.45) is -0.986. The maximum absolute atomic E-state index is 10.6. The maximum atomic E-state index is 10.6. The molecule has 0 spiro atoms. The van der Waals surface area contributed by atoms with Gasteiger partial charge in [0.2, 0.25) is 0 Å². The normalized spacial score (nSPS) is 18.2. The number of halogens is 3. The summed E-state index contributed by atoms with van der Waals surface area (Å²) in [5.74, 6) is -2.76. The topological polar surface area (TPSA) is 63.3 Å². The highest BCUT2D eigenvalue weighted by Crippen LogP contribution is 2.32. The van der Waals surface area contributed by atoms with Crippen LogP contribution >= 0.6 is 0 Å². The van der Waals surface area contributed by atoms with Gasteiger partial charge in [0.1, 0.15) is 0 Å². The Kier molecular flexibility index (Phi) is 3.48. The number of aliphatic carboxylic acids is 1. The number of hydrogen-bond acceptors (Lipinski definition) is 2. The molecule has 3 N–H and O–H groups in total. The zero-order valence-electron chi connectivity index (χ0n) is 6.77. The predicted molar refractivity (Wildman–Crippen MR) is 40.0 cm³/mol. The average molecular weight is 197 g/mol. The van der Waals surface area contributed by atoms with E-state index in [0.29, 0.717) is 0 Å². The van der Waals surface area contributed by atoms with Crippen molar-refractivity contribution in [3.05, 3.63) is 12.7 Å². The van der Waals surface area contributed by atoms with Gasteiger partial charge in [-0.15, -0.1) is 6.58 Å². The first-order chi connectivity index (χ1) is 5.71. The van der Waals surface area contributed by atoms with Gasteiger partial charge in [-0.1, -0.05) is 6.08 Å². The van der Waals surface area contributed by atoms with E-state index in [4.69, 9.17) is 15.6 Å². The van der Waals surface area contributed by atoms with Crippen molar-refractivity contribution in [3.63, 3.8) is 0 Å². The van der Waals surface area contributed by atoms with Gasteiger partial charge >= 0.3 is 12.1 Å². The minimum Gasteiger partial charge on any atom is -0.475 e. The van der Waals surface area contributed by atoms with Crippen molar-refractivity contribution in [2.75, 3.05) is 0 Å². The molecule has 1 aliphatic carbocycles. The Balaban J connectivity index is 0.000000223. The van der Waals surface area contributed by atoms with E-state index >= 15 is 0 Å². The van der Waals surface area contributed by atoms with Crippen LogP contribution in [0.4, 0.5) is 13.2 Å². The molecule has 0 unspecified atom stereocenters. The van der Waals surface area contributed by atoms with Crippen LogP contribution < -0.4 is 5.73 Å². The van der Waals surface area contributed by atoms with E-state index in [1.54, 1.807) is 0 Å². The predicted octanol–water partition coefficient (Wildman–Crippen LogP) is 1.30. The molecule has 0 aromatic rings. The first kappa shape index (κ1) is 12.0. The Morgan fingerprint density at radius 1 is 1.54 bits per heavy atom. The quantitative estimate of drug-likeness (QED) is 0.622. The van der Waals surface area contributed by atoms with E-state index in [0.717, 1.165) is 12.8 Å². The van der Waals surface area contributed by atoms with Crippen molar-refractivity contribution in [1.82, 2.24) is 0 Å². The van der Waals surface area contributed by atoms with Crippen molar-refractivity contribution in [3.8, 4) is 0 Å². The van der Waals surface area contributed by atoms with Crippen LogP contribution in [0.5, 0.6) is 0 Å². The van der Waals surface area contributed by atoms with Crippen LogP contribution in [0.25, 0.3) is 0 Å². The van der Waals surface area contributed by atoms with Gasteiger partial charge < -0.3 is 10.8 Å². The molecule has 0 aromatic heterocycles. The molecule has 0 amide bonds. The van der Waals surface area contributed by atoms with Gasteiger partial charge in [0.25, 0.3) is 0 Å². The monoisotopic (exact) mass is 197 g/mol. The summed E-state index contributed by atoms with van der Waals surface area (Å²) in [5.41, 5.74) is 5.58. The Labute approximate surface area is 73.0 Å². The first-order valence-electron chi connectivity index (χ1n) is 3.44. The molecule has 0 aliphatic heterocycles. The molecular weight excluding hydrogens is 187 g/mol. The molecule has 13 heavy (non-hydrogen) atoms. The molecule has 6 heteroatoms. The fourth-order valence-corrected chi connectivity index (χ4v) is 0.348. The highest BCUT2D eigenvalue weighted by Gasteiger charge is 2.38. The molecule has 0 saturated heterocycles. The second-order valence-electron chi connectivity index (χ2n) is 2.74. The highest BCUT2D eigenvalue weighted by molar-refractivity contribution is 5.73. The van der Waals surface area contributed by atoms with Crippen LogP contribution in [0, 0.1) is 0 Å². The number of carboxylic acids is 1. The van der Waals surface area contributed by atoms with Crippen molar-refractivity contribution in [2.45, 2.75) is 24.6 Å². The van der Waals surface area contributed by atoms with Crippen LogP contribution in [0.2, 0.25) is 0 Å². The summed E-state index contributed by atoms with van der Waals surface area (Å²) in [5, 5.41) is 7.12. The molecule has 0 aromatic carbocycles. The van der Waals surface area contributed by atoms with Gasteiger partial charge in [-0.3, -0.25) is 0 Å². The number of alkyl halides is 3. The lowest BCUT2D eigenvalue weighted by molar-refractivity contribution is -0.192. The molecule has 0 atom stereocenters. The largest absolute Gasteiger partial charge is 0.490 e. The standard InChI is InChI=1S/C5H9N.C2HF3O2/c1-2-5(6)3-4-5;3-2(4,5)1(6)7/h2H,1,3-4,6H2;(H,6,7). The second-order valence-corrected chi connectivity index (χ2v) is 2.74. The van der Waals surface area contributed by atoms with E-state index in [1.165, 1.54) is 0 Å². The molecule has 1 fully saturated rings. The van der Waals surface area contributed by atoms with Crippen molar-refractivity contribution in [2.24, 2.45) is 5.73 Å². The minimum absolute atomic E-state index is 0.0556. The Morgan fingerprint density at radius 3 is 1.85 bits per heavy atom. The zero-order chi connectivity index (χ0) is 10.7. The van der Waals surface area contributed by atoms with Crippen LogP contribution in [0.1, 0.15) is 12.8 Å². The number of rotatable bonds is 1. The van der Waals surface area contributed by atoms with Gasteiger partial charge in [-0.05, 0) is 12.8 Å². The van der Waals surface area contributed by atoms with Crippen LogP contribution in [0.3, 0.4) is 0 Å². The number of hydrogen-bond donors (Lipinski definition) is 2. The van der Waals surface area contributed by atoms with Crippen LogP contribution in [0.15, 0.2) is 12.7 Å². The van der Waals surface area contributed by atoms with E-state index in [2.05, 4.69) is 6.58 Å². The lowest BCUT2D eigenvalue weighted by Gasteiger charge is -1.93. The third-order valence-electron chi connectivity index (χ3n) is 1.48. The van der Waals surface area contributed by atoms with Crippen LogP contribution in [-0.2, 0) is 4.79 Å².